The van der Waals surface area contributed by atoms with Gasteiger partial charge in [0.1, 0.15) is 0 Å². The quantitative estimate of drug-likeness (QED) is 0.853. The number of anilines is 1. The normalized spacial score (nSPS) is 28.3. The van der Waals surface area contributed by atoms with Gasteiger partial charge in [0.2, 0.25) is 5.95 Å². The number of nitrogens with one attached hydrogen (secondary N) is 1. The Morgan fingerprint density at radius 1 is 1.24 bits per heavy atom. The first kappa shape index (κ1) is 13.0. The van der Waals surface area contributed by atoms with Crippen LogP contribution < -0.4 is 5.73 Å². The fourth-order valence-corrected chi connectivity index (χ4v) is 4.22. The molecule has 5 rings (SSSR count). The van der Waals surface area contributed by atoms with Crippen LogP contribution in [0, 0.1) is 16.6 Å². The molecule has 6 heteroatoms. The highest BCUT2D eigenvalue weighted by Crippen LogP contribution is 2.49. The molecule has 21 heavy (non-hydrogen) atoms. The molecule has 110 valence electrons. The number of hydrogen-bond donors (Lipinski definition) is 2. The lowest BCUT2D eigenvalue weighted by Gasteiger charge is -2.54. The Hall–Kier alpha value is -1.66. The first-order valence-corrected chi connectivity index (χ1v) is 7.82. The van der Waals surface area contributed by atoms with Crippen molar-refractivity contribution in [3.63, 3.8) is 0 Å². The molecule has 0 radical (unpaired) electrons. The molecule has 0 spiro atoms. The van der Waals surface area contributed by atoms with Gasteiger partial charge in [-0.25, -0.2) is 5.10 Å². The number of piperidine rings is 2. The van der Waals surface area contributed by atoms with Gasteiger partial charge in [-0.3, -0.25) is 9.47 Å². The first-order chi connectivity index (χ1) is 10.2. The van der Waals surface area contributed by atoms with Crippen LogP contribution >= 0.6 is 12.2 Å². The van der Waals surface area contributed by atoms with Gasteiger partial charge in [-0.05, 0) is 36.0 Å². The molecule has 2 unspecified atom stereocenters. The van der Waals surface area contributed by atoms with Gasteiger partial charge >= 0.3 is 0 Å². The third-order valence-corrected chi connectivity index (χ3v) is 5.12. The van der Waals surface area contributed by atoms with E-state index in [0.29, 0.717) is 28.6 Å². The zero-order chi connectivity index (χ0) is 14.4. The van der Waals surface area contributed by atoms with Crippen molar-refractivity contribution in [2.24, 2.45) is 11.8 Å². The van der Waals surface area contributed by atoms with Crippen LogP contribution in [0.15, 0.2) is 30.3 Å². The van der Waals surface area contributed by atoms with Crippen LogP contribution in [-0.2, 0) is 6.54 Å². The standard InChI is InChI=1S/C15H19N5S/c16-14-17-18-15(21)20(14)13-11-6-12(13)9-19(8-11)7-10-4-2-1-3-5-10/h1-5,11-13H,6-9H2,(H2,16,17)(H,18,21). The summed E-state index contributed by atoms with van der Waals surface area (Å²) in [6.45, 7) is 3.26. The number of benzene rings is 1. The van der Waals surface area contributed by atoms with E-state index in [4.69, 9.17) is 18.0 Å². The molecule has 3 aliphatic rings. The van der Waals surface area contributed by atoms with E-state index in [-0.39, 0.29) is 0 Å². The average Bonchev–Trinajstić information content (AvgIpc) is 2.81. The zero-order valence-electron chi connectivity index (χ0n) is 11.8. The number of hydrogen-bond acceptors (Lipinski definition) is 4. The number of nitrogens with two attached hydrogens (primary N) is 1. The van der Waals surface area contributed by atoms with Crippen LogP contribution in [0.5, 0.6) is 0 Å². The van der Waals surface area contributed by atoms with E-state index in [0.717, 1.165) is 19.6 Å². The highest BCUT2D eigenvalue weighted by molar-refractivity contribution is 7.71. The summed E-state index contributed by atoms with van der Waals surface area (Å²) in [5, 5.41) is 6.85. The van der Waals surface area contributed by atoms with Crippen molar-refractivity contribution in [1.82, 2.24) is 19.7 Å². The summed E-state index contributed by atoms with van der Waals surface area (Å²) in [7, 11) is 0. The molecule has 3 heterocycles. The SMILES string of the molecule is Nc1n[nH]c(=S)n1C1C2CC1CN(Cc1ccccc1)C2. The monoisotopic (exact) mass is 301 g/mol. The van der Waals surface area contributed by atoms with Crippen LogP contribution in [0.2, 0.25) is 0 Å². The molecule has 1 aromatic carbocycles. The molecule has 5 nitrogen and oxygen atoms in total. The van der Waals surface area contributed by atoms with Crippen LogP contribution in [0.25, 0.3) is 0 Å². The largest absolute Gasteiger partial charge is 0.368 e. The van der Waals surface area contributed by atoms with Gasteiger partial charge < -0.3 is 5.73 Å². The van der Waals surface area contributed by atoms with Crippen molar-refractivity contribution < 1.29 is 0 Å². The molecule has 1 saturated carbocycles. The van der Waals surface area contributed by atoms with E-state index in [2.05, 4.69) is 45.4 Å². The van der Waals surface area contributed by atoms with Crippen LogP contribution in [-0.4, -0.2) is 32.8 Å². The van der Waals surface area contributed by atoms with Gasteiger partial charge in [0.25, 0.3) is 0 Å². The molecule has 2 bridgehead atoms. The van der Waals surface area contributed by atoms with Crippen molar-refractivity contribution in [2.45, 2.75) is 19.0 Å². The Kier molecular flexibility index (Phi) is 3.08. The Balaban J connectivity index is 1.48. The molecule has 2 atom stereocenters. The molecule has 1 aliphatic carbocycles. The van der Waals surface area contributed by atoms with E-state index < -0.39 is 0 Å². The molecule has 0 amide bonds. The smallest absolute Gasteiger partial charge is 0.220 e. The minimum Gasteiger partial charge on any atom is -0.368 e. The summed E-state index contributed by atoms with van der Waals surface area (Å²) in [6, 6.07) is 11.1. The van der Waals surface area contributed by atoms with Crippen LogP contribution in [0.4, 0.5) is 5.95 Å². The molecule has 3 fully saturated rings. The summed E-state index contributed by atoms with van der Waals surface area (Å²) in [4.78, 5) is 2.55. The number of fused-ring (bicyclic) bond motifs is 2. The number of rotatable bonds is 3. The minimum absolute atomic E-state index is 0.434. The summed E-state index contributed by atoms with van der Waals surface area (Å²) in [6.07, 6.45) is 1.28. The summed E-state index contributed by atoms with van der Waals surface area (Å²) >= 11 is 5.31. The second-order valence-corrected chi connectivity index (χ2v) is 6.57. The summed E-state index contributed by atoms with van der Waals surface area (Å²) < 4.78 is 2.68. The van der Waals surface area contributed by atoms with Crippen molar-refractivity contribution in [1.29, 1.82) is 0 Å². The highest BCUT2D eigenvalue weighted by Gasteiger charge is 2.48. The Morgan fingerprint density at radius 3 is 2.57 bits per heavy atom. The van der Waals surface area contributed by atoms with E-state index in [1.807, 2.05) is 4.57 Å². The van der Waals surface area contributed by atoms with E-state index in [1.165, 1.54) is 12.0 Å². The van der Waals surface area contributed by atoms with Crippen molar-refractivity contribution in [3.8, 4) is 0 Å². The fraction of sp³-hybridized carbons (Fsp3) is 0.467. The van der Waals surface area contributed by atoms with Gasteiger partial charge in [-0.1, -0.05) is 30.3 Å². The maximum absolute atomic E-state index is 5.95. The lowest BCUT2D eigenvalue weighted by molar-refractivity contribution is -0.0372. The Bertz CT molecular complexity index is 680. The topological polar surface area (TPSA) is 62.9 Å². The molecule has 2 aromatic rings. The van der Waals surface area contributed by atoms with Crippen LogP contribution in [0.3, 0.4) is 0 Å². The molecule has 1 aromatic heterocycles. The fourth-order valence-electron chi connectivity index (χ4n) is 3.96. The van der Waals surface area contributed by atoms with Gasteiger partial charge in [0.15, 0.2) is 4.77 Å². The Labute approximate surface area is 128 Å². The average molecular weight is 301 g/mol. The van der Waals surface area contributed by atoms with Crippen molar-refractivity contribution in [2.75, 3.05) is 18.8 Å². The molecule has 2 aliphatic heterocycles. The lowest BCUT2D eigenvalue weighted by atomic mass is 9.66. The zero-order valence-corrected chi connectivity index (χ0v) is 12.6. The predicted octanol–water partition coefficient (Wildman–Crippen LogP) is 2.22. The van der Waals surface area contributed by atoms with Gasteiger partial charge in [-0.2, -0.15) is 0 Å². The molecular weight excluding hydrogens is 282 g/mol. The molecular formula is C15H19N5S. The number of aromatic amines is 1. The van der Waals surface area contributed by atoms with Crippen molar-refractivity contribution >= 4 is 18.2 Å². The summed E-state index contributed by atoms with van der Waals surface area (Å²) in [5.74, 6) is 1.80. The number of nitrogens with zero attached hydrogens (tertiary/aromatic N) is 3. The van der Waals surface area contributed by atoms with Gasteiger partial charge in [-0.15, -0.1) is 5.10 Å². The molecule has 3 N–H and O–H groups in total. The first-order valence-electron chi connectivity index (χ1n) is 7.41. The number of aromatic nitrogens is 3. The van der Waals surface area contributed by atoms with E-state index >= 15 is 0 Å². The van der Waals surface area contributed by atoms with Gasteiger partial charge in [0, 0.05) is 25.7 Å². The maximum Gasteiger partial charge on any atom is 0.220 e. The van der Waals surface area contributed by atoms with Crippen LogP contribution in [0.1, 0.15) is 18.0 Å². The van der Waals surface area contributed by atoms with E-state index in [1.54, 1.807) is 0 Å². The summed E-state index contributed by atoms with van der Waals surface area (Å²) in [5.41, 5.74) is 7.34. The Morgan fingerprint density at radius 2 is 1.95 bits per heavy atom. The maximum atomic E-state index is 5.95. The highest BCUT2D eigenvalue weighted by atomic mass is 32.1. The molecule has 2 saturated heterocycles. The number of nitrogen functional groups attached to an aromatic ring is 1. The van der Waals surface area contributed by atoms with Gasteiger partial charge in [0.05, 0.1) is 0 Å². The second-order valence-electron chi connectivity index (χ2n) is 6.18. The van der Waals surface area contributed by atoms with Crippen molar-refractivity contribution in [3.05, 3.63) is 40.7 Å². The predicted molar refractivity (Wildman–Crippen MR) is 84.2 cm³/mol. The van der Waals surface area contributed by atoms with E-state index in [9.17, 15) is 0 Å². The second kappa shape index (κ2) is 4.96. The number of H-pyrrole nitrogens is 1. The minimum atomic E-state index is 0.434. The lowest BCUT2D eigenvalue weighted by Crippen LogP contribution is -2.55. The third-order valence-electron chi connectivity index (χ3n) is 4.84. The third kappa shape index (κ3) is 2.18.